The minimum Gasteiger partial charge on any atom is -0.498 e. The Kier molecular flexibility index (Phi) is 6.27. The number of hydrogen-bond acceptors (Lipinski definition) is 5. The number of methoxy groups -OCH3 is 1. The Bertz CT molecular complexity index is 494. The molecule has 0 radical (unpaired) electrons. The normalized spacial score (nSPS) is 20.3. The number of ether oxygens (including phenoxy) is 4. The van der Waals surface area contributed by atoms with E-state index in [4.69, 9.17) is 18.9 Å². The van der Waals surface area contributed by atoms with E-state index >= 15 is 0 Å². The number of carbonyl (C=O) groups is 1. The Morgan fingerprint density at radius 1 is 1.32 bits per heavy atom. The van der Waals surface area contributed by atoms with Crippen LogP contribution in [0.3, 0.4) is 0 Å². The standard InChI is InChI=1S/C17H22O5/c1-13(18)22-17-8-10-21-16(11-17)7-9-20-12-14-3-5-15(19-2)6-4-14/h3-6,8,10,16-17H,7,9,11-12H2,1-2H3/t16-,17-/m1/s1. The van der Waals surface area contributed by atoms with Crippen LogP contribution in [0.15, 0.2) is 36.6 Å². The molecule has 0 aromatic heterocycles. The molecule has 0 spiro atoms. The van der Waals surface area contributed by atoms with E-state index in [9.17, 15) is 4.79 Å². The third-order valence-corrected chi connectivity index (χ3v) is 3.39. The highest BCUT2D eigenvalue weighted by Gasteiger charge is 2.21. The van der Waals surface area contributed by atoms with Crippen LogP contribution in [0.5, 0.6) is 5.75 Å². The molecule has 120 valence electrons. The molecule has 1 heterocycles. The number of esters is 1. The first-order valence-corrected chi connectivity index (χ1v) is 7.37. The predicted octanol–water partition coefficient (Wildman–Crippen LogP) is 2.84. The highest BCUT2D eigenvalue weighted by molar-refractivity contribution is 5.66. The van der Waals surface area contributed by atoms with Gasteiger partial charge >= 0.3 is 5.97 Å². The lowest BCUT2D eigenvalue weighted by Crippen LogP contribution is -2.26. The van der Waals surface area contributed by atoms with E-state index in [-0.39, 0.29) is 18.2 Å². The summed E-state index contributed by atoms with van der Waals surface area (Å²) in [6, 6.07) is 7.79. The second-order valence-electron chi connectivity index (χ2n) is 5.16. The molecular weight excluding hydrogens is 284 g/mol. The maximum Gasteiger partial charge on any atom is 0.303 e. The predicted molar refractivity (Wildman–Crippen MR) is 81.5 cm³/mol. The minimum absolute atomic E-state index is 0.0187. The van der Waals surface area contributed by atoms with Crippen molar-refractivity contribution < 1.29 is 23.7 Å². The highest BCUT2D eigenvalue weighted by Crippen LogP contribution is 2.18. The molecule has 0 unspecified atom stereocenters. The summed E-state index contributed by atoms with van der Waals surface area (Å²) >= 11 is 0. The molecule has 0 N–H and O–H groups in total. The van der Waals surface area contributed by atoms with Crippen LogP contribution in [0.2, 0.25) is 0 Å². The van der Waals surface area contributed by atoms with E-state index in [1.54, 1.807) is 19.4 Å². The fraction of sp³-hybridized carbons (Fsp3) is 0.471. The highest BCUT2D eigenvalue weighted by atomic mass is 16.5. The zero-order valence-electron chi connectivity index (χ0n) is 13.0. The molecule has 0 aliphatic carbocycles. The average molecular weight is 306 g/mol. The molecule has 5 nitrogen and oxygen atoms in total. The number of carbonyl (C=O) groups excluding carboxylic acids is 1. The van der Waals surface area contributed by atoms with Crippen LogP contribution in [0.1, 0.15) is 25.3 Å². The lowest BCUT2D eigenvalue weighted by molar-refractivity contribution is -0.146. The quantitative estimate of drug-likeness (QED) is 0.573. The zero-order chi connectivity index (χ0) is 15.8. The van der Waals surface area contributed by atoms with Gasteiger partial charge in [-0.1, -0.05) is 12.1 Å². The second-order valence-corrected chi connectivity index (χ2v) is 5.16. The summed E-state index contributed by atoms with van der Waals surface area (Å²) < 4.78 is 21.4. The summed E-state index contributed by atoms with van der Waals surface area (Å²) in [5.74, 6) is 0.564. The SMILES string of the molecule is COc1ccc(COCC[C@@H]2C[C@H](OC(C)=O)C=CO2)cc1. The lowest BCUT2D eigenvalue weighted by atomic mass is 10.1. The van der Waals surface area contributed by atoms with Crippen molar-refractivity contribution in [3.05, 3.63) is 42.2 Å². The van der Waals surface area contributed by atoms with Crippen LogP contribution in [-0.2, 0) is 25.6 Å². The van der Waals surface area contributed by atoms with Gasteiger partial charge in [0.25, 0.3) is 0 Å². The summed E-state index contributed by atoms with van der Waals surface area (Å²) in [4.78, 5) is 11.0. The Morgan fingerprint density at radius 3 is 2.77 bits per heavy atom. The molecule has 22 heavy (non-hydrogen) atoms. The van der Waals surface area contributed by atoms with Gasteiger partial charge in [-0.3, -0.25) is 4.79 Å². The van der Waals surface area contributed by atoms with Gasteiger partial charge in [-0.15, -0.1) is 0 Å². The van der Waals surface area contributed by atoms with Crippen molar-refractivity contribution in [2.45, 2.75) is 38.6 Å². The van der Waals surface area contributed by atoms with Crippen LogP contribution < -0.4 is 4.74 Å². The topological polar surface area (TPSA) is 54.0 Å². The van der Waals surface area contributed by atoms with Crippen molar-refractivity contribution in [1.82, 2.24) is 0 Å². The molecule has 0 amide bonds. The molecule has 2 atom stereocenters. The van der Waals surface area contributed by atoms with Gasteiger partial charge < -0.3 is 18.9 Å². The molecule has 0 saturated heterocycles. The first-order valence-electron chi connectivity index (χ1n) is 7.37. The van der Waals surface area contributed by atoms with E-state index in [0.29, 0.717) is 19.6 Å². The molecule has 1 aromatic carbocycles. The summed E-state index contributed by atoms with van der Waals surface area (Å²) in [5.41, 5.74) is 1.10. The van der Waals surface area contributed by atoms with E-state index in [0.717, 1.165) is 17.7 Å². The Morgan fingerprint density at radius 2 is 2.09 bits per heavy atom. The van der Waals surface area contributed by atoms with Gasteiger partial charge in [0.1, 0.15) is 18.0 Å². The van der Waals surface area contributed by atoms with Crippen LogP contribution in [-0.4, -0.2) is 31.9 Å². The lowest BCUT2D eigenvalue weighted by Gasteiger charge is -2.25. The Labute approximate surface area is 130 Å². The maximum absolute atomic E-state index is 11.0. The van der Waals surface area contributed by atoms with Crippen molar-refractivity contribution >= 4 is 5.97 Å². The van der Waals surface area contributed by atoms with E-state index in [2.05, 4.69) is 0 Å². The molecule has 0 fully saturated rings. The van der Waals surface area contributed by atoms with Crippen molar-refractivity contribution in [1.29, 1.82) is 0 Å². The monoisotopic (exact) mass is 306 g/mol. The zero-order valence-corrected chi connectivity index (χ0v) is 13.0. The van der Waals surface area contributed by atoms with Crippen molar-refractivity contribution in [3.8, 4) is 5.75 Å². The number of rotatable bonds is 7. The van der Waals surface area contributed by atoms with Crippen LogP contribution >= 0.6 is 0 Å². The molecule has 0 saturated carbocycles. The number of hydrogen-bond donors (Lipinski definition) is 0. The first kappa shape index (κ1) is 16.4. The number of benzene rings is 1. The largest absolute Gasteiger partial charge is 0.498 e. The molecule has 1 aliphatic rings. The van der Waals surface area contributed by atoms with Gasteiger partial charge in [-0.2, -0.15) is 0 Å². The van der Waals surface area contributed by atoms with Crippen LogP contribution in [0, 0.1) is 0 Å². The van der Waals surface area contributed by atoms with Gasteiger partial charge in [-0.05, 0) is 23.8 Å². The van der Waals surface area contributed by atoms with E-state index < -0.39 is 0 Å². The Hall–Kier alpha value is -2.01. The maximum atomic E-state index is 11.0. The van der Waals surface area contributed by atoms with Crippen LogP contribution in [0.4, 0.5) is 0 Å². The molecule has 2 rings (SSSR count). The van der Waals surface area contributed by atoms with Crippen molar-refractivity contribution in [3.63, 3.8) is 0 Å². The average Bonchev–Trinajstić information content (AvgIpc) is 2.52. The molecule has 1 aromatic rings. The minimum atomic E-state index is -0.272. The molecule has 0 bridgehead atoms. The fourth-order valence-corrected chi connectivity index (χ4v) is 2.25. The molecule has 5 heteroatoms. The van der Waals surface area contributed by atoms with Gasteiger partial charge in [0, 0.05) is 19.8 Å². The van der Waals surface area contributed by atoms with Gasteiger partial charge in [0.2, 0.25) is 0 Å². The summed E-state index contributed by atoms with van der Waals surface area (Å²) in [6.07, 6.45) is 4.62. The Balaban J connectivity index is 1.66. The third kappa shape index (κ3) is 5.41. The molecule has 1 aliphatic heterocycles. The summed E-state index contributed by atoms with van der Waals surface area (Å²) in [5, 5.41) is 0. The second kappa shape index (κ2) is 8.44. The summed E-state index contributed by atoms with van der Waals surface area (Å²) in [7, 11) is 1.65. The third-order valence-electron chi connectivity index (χ3n) is 3.39. The van der Waals surface area contributed by atoms with Gasteiger partial charge in [-0.25, -0.2) is 0 Å². The van der Waals surface area contributed by atoms with Crippen molar-refractivity contribution in [2.24, 2.45) is 0 Å². The van der Waals surface area contributed by atoms with Crippen molar-refractivity contribution in [2.75, 3.05) is 13.7 Å². The van der Waals surface area contributed by atoms with E-state index in [1.807, 2.05) is 24.3 Å². The fourth-order valence-electron chi connectivity index (χ4n) is 2.25. The van der Waals surface area contributed by atoms with Gasteiger partial charge in [0.05, 0.1) is 26.6 Å². The van der Waals surface area contributed by atoms with Gasteiger partial charge in [0.15, 0.2) is 0 Å². The van der Waals surface area contributed by atoms with E-state index in [1.165, 1.54) is 6.92 Å². The summed E-state index contributed by atoms with van der Waals surface area (Å²) in [6.45, 7) is 2.56. The smallest absolute Gasteiger partial charge is 0.303 e. The van der Waals surface area contributed by atoms with Crippen LogP contribution in [0.25, 0.3) is 0 Å². The molecular formula is C17H22O5. The first-order chi connectivity index (χ1) is 10.7.